The van der Waals surface area contributed by atoms with E-state index in [4.69, 9.17) is 0 Å². The standard InChI is InChI=1S/C13H13BrF2O/c14-11-9(6-7-10(15)12(11)16)13(17)8-4-2-1-3-5-8/h6-8H,1-5H2. The number of rotatable bonds is 2. The Kier molecular flexibility index (Phi) is 3.92. The molecule has 92 valence electrons. The normalized spacial score (nSPS) is 17.1. The van der Waals surface area contributed by atoms with E-state index < -0.39 is 11.6 Å². The van der Waals surface area contributed by atoms with Crippen molar-refractivity contribution in [2.24, 2.45) is 5.92 Å². The van der Waals surface area contributed by atoms with Gasteiger partial charge in [0, 0.05) is 11.5 Å². The molecule has 0 aliphatic heterocycles. The number of hydrogen-bond donors (Lipinski definition) is 0. The minimum absolute atomic E-state index is 0.0371. The van der Waals surface area contributed by atoms with Crippen LogP contribution in [0.3, 0.4) is 0 Å². The lowest BCUT2D eigenvalue weighted by atomic mass is 9.84. The van der Waals surface area contributed by atoms with Crippen LogP contribution in [-0.4, -0.2) is 5.78 Å². The molecule has 0 amide bonds. The Morgan fingerprint density at radius 3 is 2.47 bits per heavy atom. The largest absolute Gasteiger partial charge is 0.294 e. The van der Waals surface area contributed by atoms with Gasteiger partial charge >= 0.3 is 0 Å². The van der Waals surface area contributed by atoms with Crippen LogP contribution in [0.5, 0.6) is 0 Å². The molecule has 2 rings (SSSR count). The van der Waals surface area contributed by atoms with Crippen LogP contribution in [0.15, 0.2) is 16.6 Å². The fraction of sp³-hybridized carbons (Fsp3) is 0.462. The van der Waals surface area contributed by atoms with Crippen molar-refractivity contribution < 1.29 is 13.6 Å². The second-order valence-electron chi connectivity index (χ2n) is 4.42. The summed E-state index contributed by atoms with van der Waals surface area (Å²) in [6.45, 7) is 0. The second-order valence-corrected chi connectivity index (χ2v) is 5.22. The molecule has 0 heterocycles. The second kappa shape index (κ2) is 5.25. The molecule has 0 unspecified atom stereocenters. The number of halogens is 3. The van der Waals surface area contributed by atoms with Crippen molar-refractivity contribution in [1.29, 1.82) is 0 Å². The molecule has 1 nitrogen and oxygen atoms in total. The molecule has 1 aromatic carbocycles. The lowest BCUT2D eigenvalue weighted by Gasteiger charge is -2.20. The topological polar surface area (TPSA) is 17.1 Å². The van der Waals surface area contributed by atoms with E-state index in [0.717, 1.165) is 38.2 Å². The summed E-state index contributed by atoms with van der Waals surface area (Å²) in [5.41, 5.74) is 0.260. The maximum absolute atomic E-state index is 13.3. The van der Waals surface area contributed by atoms with Crippen LogP contribution in [0, 0.1) is 17.6 Å². The minimum atomic E-state index is -0.980. The summed E-state index contributed by atoms with van der Waals surface area (Å²) in [5.74, 6) is -2.02. The molecule has 0 radical (unpaired) electrons. The summed E-state index contributed by atoms with van der Waals surface area (Å²) in [6.07, 6.45) is 4.94. The van der Waals surface area contributed by atoms with Crippen LogP contribution < -0.4 is 0 Å². The molecular weight excluding hydrogens is 290 g/mol. The minimum Gasteiger partial charge on any atom is -0.294 e. The SMILES string of the molecule is O=C(c1ccc(F)c(F)c1Br)C1CCCCC1. The monoisotopic (exact) mass is 302 g/mol. The summed E-state index contributed by atoms with van der Waals surface area (Å²) >= 11 is 2.96. The average Bonchev–Trinajstić information content (AvgIpc) is 2.36. The first-order chi connectivity index (χ1) is 8.11. The van der Waals surface area contributed by atoms with Gasteiger partial charge in [-0.2, -0.15) is 0 Å². The van der Waals surface area contributed by atoms with Crippen LogP contribution in [0.1, 0.15) is 42.5 Å². The van der Waals surface area contributed by atoms with Gasteiger partial charge in [0.15, 0.2) is 17.4 Å². The summed E-state index contributed by atoms with van der Waals surface area (Å²) in [5, 5.41) is 0. The fourth-order valence-corrected chi connectivity index (χ4v) is 2.82. The van der Waals surface area contributed by atoms with E-state index >= 15 is 0 Å². The molecule has 0 aromatic heterocycles. The van der Waals surface area contributed by atoms with Crippen LogP contribution >= 0.6 is 15.9 Å². The first-order valence-corrected chi connectivity index (χ1v) is 6.58. The molecule has 1 fully saturated rings. The smallest absolute Gasteiger partial charge is 0.173 e. The zero-order valence-corrected chi connectivity index (χ0v) is 10.9. The van der Waals surface area contributed by atoms with Gasteiger partial charge < -0.3 is 0 Å². The Balaban J connectivity index is 2.27. The number of carbonyl (C=O) groups is 1. The van der Waals surface area contributed by atoms with E-state index in [2.05, 4.69) is 15.9 Å². The lowest BCUT2D eigenvalue weighted by Crippen LogP contribution is -2.18. The van der Waals surface area contributed by atoms with E-state index in [9.17, 15) is 13.6 Å². The van der Waals surface area contributed by atoms with Crippen molar-refractivity contribution in [2.45, 2.75) is 32.1 Å². The number of Topliss-reactive ketones (excluding diaryl/α,β-unsaturated/α-hetero) is 1. The van der Waals surface area contributed by atoms with Crippen molar-refractivity contribution in [3.05, 3.63) is 33.8 Å². The molecule has 4 heteroatoms. The van der Waals surface area contributed by atoms with E-state index in [1.165, 1.54) is 6.07 Å². The summed E-state index contributed by atoms with van der Waals surface area (Å²) in [6, 6.07) is 2.37. The van der Waals surface area contributed by atoms with Crippen molar-refractivity contribution in [3.8, 4) is 0 Å². The highest BCUT2D eigenvalue weighted by molar-refractivity contribution is 9.10. The maximum atomic E-state index is 13.3. The van der Waals surface area contributed by atoms with Gasteiger partial charge in [-0.05, 0) is 40.9 Å². The Labute approximate surface area is 107 Å². The average molecular weight is 303 g/mol. The van der Waals surface area contributed by atoms with Crippen molar-refractivity contribution in [2.75, 3.05) is 0 Å². The van der Waals surface area contributed by atoms with Gasteiger partial charge in [0.2, 0.25) is 0 Å². The van der Waals surface area contributed by atoms with Crippen molar-refractivity contribution in [1.82, 2.24) is 0 Å². The molecule has 0 N–H and O–H groups in total. The van der Waals surface area contributed by atoms with Gasteiger partial charge in [-0.3, -0.25) is 4.79 Å². The predicted octanol–water partition coefficient (Wildman–Crippen LogP) is 4.49. The molecule has 1 aliphatic rings. The molecule has 1 saturated carbocycles. The first kappa shape index (κ1) is 12.7. The molecule has 1 aliphatic carbocycles. The van der Waals surface area contributed by atoms with Crippen LogP contribution in [-0.2, 0) is 0 Å². The Hall–Kier alpha value is -0.770. The van der Waals surface area contributed by atoms with Crippen LogP contribution in [0.2, 0.25) is 0 Å². The van der Waals surface area contributed by atoms with E-state index in [1.807, 2.05) is 0 Å². The van der Waals surface area contributed by atoms with Gasteiger partial charge in [-0.1, -0.05) is 19.3 Å². The lowest BCUT2D eigenvalue weighted by molar-refractivity contribution is 0.0888. The highest BCUT2D eigenvalue weighted by Gasteiger charge is 2.25. The van der Waals surface area contributed by atoms with Gasteiger partial charge in [0.05, 0.1) is 4.47 Å². The van der Waals surface area contributed by atoms with Gasteiger partial charge in [-0.15, -0.1) is 0 Å². The molecule has 17 heavy (non-hydrogen) atoms. The number of ketones is 1. The summed E-state index contributed by atoms with van der Waals surface area (Å²) in [7, 11) is 0. The third-order valence-corrected chi connectivity index (χ3v) is 4.05. The summed E-state index contributed by atoms with van der Waals surface area (Å²) in [4.78, 5) is 12.2. The maximum Gasteiger partial charge on any atom is 0.173 e. The highest BCUT2D eigenvalue weighted by atomic mass is 79.9. The highest BCUT2D eigenvalue weighted by Crippen LogP contribution is 2.31. The molecule has 0 atom stereocenters. The van der Waals surface area contributed by atoms with E-state index in [-0.39, 0.29) is 21.7 Å². The fourth-order valence-electron chi connectivity index (χ4n) is 2.30. The molecule has 0 bridgehead atoms. The van der Waals surface area contributed by atoms with Crippen LogP contribution in [0.25, 0.3) is 0 Å². The van der Waals surface area contributed by atoms with Gasteiger partial charge in [-0.25, -0.2) is 8.78 Å². The third-order valence-electron chi connectivity index (χ3n) is 3.28. The molecule has 0 saturated heterocycles. The zero-order valence-electron chi connectivity index (χ0n) is 9.31. The first-order valence-electron chi connectivity index (χ1n) is 5.79. The Morgan fingerprint density at radius 2 is 1.82 bits per heavy atom. The van der Waals surface area contributed by atoms with Crippen LogP contribution in [0.4, 0.5) is 8.78 Å². The number of hydrogen-bond acceptors (Lipinski definition) is 1. The summed E-state index contributed by atoms with van der Waals surface area (Å²) < 4.78 is 26.2. The van der Waals surface area contributed by atoms with Gasteiger partial charge in [0.1, 0.15) is 0 Å². The third kappa shape index (κ3) is 2.57. The predicted molar refractivity (Wildman–Crippen MR) is 65.0 cm³/mol. The zero-order chi connectivity index (χ0) is 12.4. The molecular formula is C13H13BrF2O. The molecule has 0 spiro atoms. The Bertz CT molecular complexity index is 439. The Morgan fingerprint density at radius 1 is 1.18 bits per heavy atom. The van der Waals surface area contributed by atoms with Crippen molar-refractivity contribution in [3.63, 3.8) is 0 Å². The van der Waals surface area contributed by atoms with E-state index in [0.29, 0.717) is 0 Å². The number of benzene rings is 1. The van der Waals surface area contributed by atoms with Crippen molar-refractivity contribution >= 4 is 21.7 Å². The number of carbonyl (C=O) groups excluding carboxylic acids is 1. The molecule has 1 aromatic rings. The quantitative estimate of drug-likeness (QED) is 0.581. The van der Waals surface area contributed by atoms with E-state index in [1.54, 1.807) is 0 Å². The van der Waals surface area contributed by atoms with Gasteiger partial charge in [0.25, 0.3) is 0 Å².